The van der Waals surface area contributed by atoms with E-state index < -0.39 is 10.0 Å². The van der Waals surface area contributed by atoms with Crippen LogP contribution in [-0.4, -0.2) is 8.42 Å². The van der Waals surface area contributed by atoms with E-state index in [0.717, 1.165) is 0 Å². The van der Waals surface area contributed by atoms with E-state index in [1.807, 2.05) is 0 Å². The number of hydrogen-bond acceptors (Lipinski definition) is 2. The quantitative estimate of drug-likeness (QED) is 0.652. The van der Waals surface area contributed by atoms with E-state index >= 15 is 0 Å². The normalized spacial score (nSPS) is 10.7. The van der Waals surface area contributed by atoms with Crippen LogP contribution in [0.3, 0.4) is 0 Å². The van der Waals surface area contributed by atoms with Gasteiger partial charge in [-0.25, -0.2) is 6.57 Å². The summed E-state index contributed by atoms with van der Waals surface area (Å²) in [5, 5.41) is 0.443. The second-order valence-corrected chi connectivity index (χ2v) is 4.06. The summed E-state index contributed by atoms with van der Waals surface area (Å²) in [5.74, 6) is 0. The molecule has 0 radical (unpaired) electrons. The molecule has 0 saturated heterocycles. The van der Waals surface area contributed by atoms with E-state index in [4.69, 9.17) is 18.2 Å². The Balaban J connectivity index is 3.26. The zero-order valence-corrected chi connectivity index (χ0v) is 7.43. The van der Waals surface area contributed by atoms with Crippen molar-refractivity contribution in [3.8, 4) is 0 Å². The molecule has 5 heteroatoms. The molecule has 0 heterocycles. The topological polar surface area (TPSA) is 38.5 Å². The van der Waals surface area contributed by atoms with Crippen molar-refractivity contribution in [2.45, 2.75) is 4.90 Å². The van der Waals surface area contributed by atoms with Gasteiger partial charge < -0.3 is 0 Å². The van der Waals surface area contributed by atoms with Gasteiger partial charge >= 0.3 is 10.0 Å². The van der Waals surface area contributed by atoms with Crippen molar-refractivity contribution in [1.29, 1.82) is 0 Å². The van der Waals surface area contributed by atoms with E-state index in [9.17, 15) is 8.42 Å². The van der Waals surface area contributed by atoms with E-state index in [0.29, 0.717) is 5.02 Å². The van der Waals surface area contributed by atoms with Crippen molar-refractivity contribution in [3.63, 3.8) is 0 Å². The van der Waals surface area contributed by atoms with Crippen molar-refractivity contribution in [2.24, 2.45) is 0 Å². The van der Waals surface area contributed by atoms with Gasteiger partial charge in [-0.2, -0.15) is 4.25 Å². The molecule has 0 unspecified atom stereocenters. The first-order valence-electron chi connectivity index (χ1n) is 2.95. The molecule has 1 aromatic rings. The summed E-state index contributed by atoms with van der Waals surface area (Å²) in [4.78, 5) is -0.0260. The average Bonchev–Trinajstić information content (AvgIpc) is 2.05. The Kier molecular flexibility index (Phi) is 2.36. The summed E-state index contributed by atoms with van der Waals surface area (Å²) in [6.07, 6.45) is 0. The van der Waals surface area contributed by atoms with Crippen molar-refractivity contribution in [1.82, 2.24) is 0 Å². The lowest BCUT2D eigenvalue weighted by molar-refractivity contribution is 0.604. The molecule has 0 amide bonds. The van der Waals surface area contributed by atoms with E-state index in [1.54, 1.807) is 0 Å². The lowest BCUT2D eigenvalue weighted by Gasteiger charge is -1.90. The van der Waals surface area contributed by atoms with Gasteiger partial charge in [0, 0.05) is 5.02 Å². The monoisotopic (exact) mass is 201 g/mol. The fourth-order valence-electron chi connectivity index (χ4n) is 0.659. The summed E-state index contributed by atoms with van der Waals surface area (Å²) < 4.78 is 24.3. The van der Waals surface area contributed by atoms with Crippen LogP contribution in [0.25, 0.3) is 4.25 Å². The Morgan fingerprint density at radius 1 is 1.25 bits per heavy atom. The minimum Gasteiger partial charge on any atom is -0.206 e. The number of sulfonamides is 1. The molecule has 0 aliphatic rings. The third-order valence-electron chi connectivity index (χ3n) is 1.23. The number of nitrogens with zero attached hydrogens (tertiary/aromatic N) is 1. The Morgan fingerprint density at radius 2 is 1.75 bits per heavy atom. The molecule has 12 heavy (non-hydrogen) atoms. The minimum atomic E-state index is -3.78. The lowest BCUT2D eigenvalue weighted by Crippen LogP contribution is -1.92. The van der Waals surface area contributed by atoms with Gasteiger partial charge in [-0.05, 0) is 24.3 Å². The van der Waals surface area contributed by atoms with Gasteiger partial charge in [0.05, 0.1) is 0 Å². The number of rotatable bonds is 1. The summed E-state index contributed by atoms with van der Waals surface area (Å²) in [6, 6.07) is 5.46. The molecule has 0 atom stereocenters. The molecule has 3 nitrogen and oxygen atoms in total. The number of hydrogen-bond donors (Lipinski definition) is 0. The highest BCUT2D eigenvalue weighted by Crippen LogP contribution is 2.15. The predicted octanol–water partition coefficient (Wildman–Crippen LogP) is 1.95. The highest BCUT2D eigenvalue weighted by atomic mass is 35.5. The summed E-state index contributed by atoms with van der Waals surface area (Å²) in [5.41, 5.74) is 0. The van der Waals surface area contributed by atoms with Gasteiger partial charge in [-0.15, -0.1) is 8.42 Å². The fourth-order valence-corrected chi connectivity index (χ4v) is 1.37. The van der Waals surface area contributed by atoms with Crippen LogP contribution in [-0.2, 0) is 10.0 Å². The first-order chi connectivity index (χ1) is 5.56. The SMILES string of the molecule is [C-]#[N+]S(=O)(=O)c1ccc(Cl)cc1. The van der Waals surface area contributed by atoms with Crippen LogP contribution in [0.15, 0.2) is 29.2 Å². The van der Waals surface area contributed by atoms with Crippen LogP contribution in [0.2, 0.25) is 5.02 Å². The van der Waals surface area contributed by atoms with Gasteiger partial charge in [-0.1, -0.05) is 11.6 Å². The van der Waals surface area contributed by atoms with Crippen LogP contribution >= 0.6 is 11.6 Å². The lowest BCUT2D eigenvalue weighted by atomic mass is 10.4. The van der Waals surface area contributed by atoms with Gasteiger partial charge in [-0.3, -0.25) is 0 Å². The van der Waals surface area contributed by atoms with Crippen molar-refractivity contribution < 1.29 is 8.42 Å². The maximum Gasteiger partial charge on any atom is 0.468 e. The van der Waals surface area contributed by atoms with Crippen LogP contribution < -0.4 is 0 Å². The summed E-state index contributed by atoms with van der Waals surface area (Å²) >= 11 is 5.53. The van der Waals surface area contributed by atoms with Crippen LogP contribution in [0.4, 0.5) is 0 Å². The molecule has 0 aliphatic heterocycles. The van der Waals surface area contributed by atoms with Gasteiger partial charge in [0.2, 0.25) is 0 Å². The third-order valence-corrected chi connectivity index (χ3v) is 2.59. The van der Waals surface area contributed by atoms with Gasteiger partial charge in [0.25, 0.3) is 0 Å². The molecule has 0 saturated carbocycles. The van der Waals surface area contributed by atoms with E-state index in [2.05, 4.69) is 4.25 Å². The zero-order valence-electron chi connectivity index (χ0n) is 5.86. The average molecular weight is 202 g/mol. The summed E-state index contributed by atoms with van der Waals surface area (Å²) in [7, 11) is -3.78. The van der Waals surface area contributed by atoms with Crippen molar-refractivity contribution in [2.75, 3.05) is 0 Å². The van der Waals surface area contributed by atoms with E-state index in [1.165, 1.54) is 24.3 Å². The first kappa shape index (κ1) is 9.04. The Labute approximate surface area is 75.5 Å². The van der Waals surface area contributed by atoms with E-state index in [-0.39, 0.29) is 4.90 Å². The van der Waals surface area contributed by atoms with Crippen molar-refractivity contribution in [3.05, 3.63) is 40.1 Å². The highest BCUT2D eigenvalue weighted by Gasteiger charge is 2.17. The fraction of sp³-hybridized carbons (Fsp3) is 0. The minimum absolute atomic E-state index is 0.0260. The standard InChI is InChI=1S/C7H4ClNO2S/c1-9-12(10,11)7-4-2-6(8)3-5-7/h2-5H. The number of halogens is 1. The molecule has 0 N–H and O–H groups in total. The first-order valence-corrected chi connectivity index (χ1v) is 4.77. The van der Waals surface area contributed by atoms with Crippen LogP contribution in [0.1, 0.15) is 0 Å². The summed E-state index contributed by atoms with van der Waals surface area (Å²) in [6.45, 7) is 6.40. The third kappa shape index (κ3) is 1.76. The molecular weight excluding hydrogens is 198 g/mol. The maximum atomic E-state index is 10.9. The van der Waals surface area contributed by atoms with Crippen LogP contribution in [0, 0.1) is 6.57 Å². The molecule has 0 fully saturated rings. The largest absolute Gasteiger partial charge is 0.468 e. The maximum absolute atomic E-state index is 10.9. The second-order valence-electron chi connectivity index (χ2n) is 2.02. The Bertz CT molecular complexity index is 416. The highest BCUT2D eigenvalue weighted by molar-refractivity contribution is 7.93. The molecule has 0 aliphatic carbocycles. The van der Waals surface area contributed by atoms with Crippen molar-refractivity contribution >= 4 is 21.6 Å². The molecular formula is C7H4ClNO2S. The van der Waals surface area contributed by atoms with Gasteiger partial charge in [0.15, 0.2) is 0 Å². The molecule has 62 valence electrons. The molecule has 1 aromatic carbocycles. The number of benzene rings is 1. The molecule has 1 rings (SSSR count). The predicted molar refractivity (Wildman–Crippen MR) is 45.2 cm³/mol. The second kappa shape index (κ2) is 3.13. The molecule has 0 spiro atoms. The Morgan fingerprint density at radius 3 is 2.17 bits per heavy atom. The van der Waals surface area contributed by atoms with Gasteiger partial charge in [0.1, 0.15) is 4.90 Å². The Hall–Kier alpha value is -1.05. The van der Waals surface area contributed by atoms with Crippen LogP contribution in [0.5, 0.6) is 0 Å². The molecule has 0 aromatic heterocycles. The zero-order chi connectivity index (χ0) is 9.19. The smallest absolute Gasteiger partial charge is 0.206 e. The molecule has 0 bridgehead atoms.